The number of hydrogen-bond acceptors (Lipinski definition) is 5. The van der Waals surface area contributed by atoms with Crippen molar-refractivity contribution in [2.75, 3.05) is 19.7 Å². The maximum atomic E-state index is 13.8. The number of rotatable bonds is 6. The minimum absolute atomic E-state index is 0.0168. The van der Waals surface area contributed by atoms with Crippen LogP contribution in [-0.4, -0.2) is 42.6 Å². The van der Waals surface area contributed by atoms with Gasteiger partial charge in [-0.1, -0.05) is 30.3 Å². The minimum Gasteiger partial charge on any atom is -0.477 e. The van der Waals surface area contributed by atoms with E-state index in [0.717, 1.165) is 5.56 Å². The van der Waals surface area contributed by atoms with Crippen molar-refractivity contribution in [1.29, 1.82) is 0 Å². The highest BCUT2D eigenvalue weighted by atomic mass is 19.3. The van der Waals surface area contributed by atoms with Crippen LogP contribution in [0.3, 0.4) is 0 Å². The number of halogens is 2. The first kappa shape index (κ1) is 19.3. The van der Waals surface area contributed by atoms with Crippen molar-refractivity contribution < 1.29 is 22.7 Å². The fraction of sp³-hybridized carbons (Fsp3) is 0.333. The summed E-state index contributed by atoms with van der Waals surface area (Å²) >= 11 is 0. The number of aromatic nitrogens is 1. The average molecular weight is 401 g/mol. The Hall–Kier alpha value is -3.00. The number of alkyl halides is 2. The molecule has 2 aromatic heterocycles. The van der Waals surface area contributed by atoms with Crippen LogP contribution in [0.2, 0.25) is 0 Å². The van der Waals surface area contributed by atoms with Crippen LogP contribution >= 0.6 is 0 Å². The van der Waals surface area contributed by atoms with Gasteiger partial charge in [0.25, 0.3) is 11.8 Å². The minimum atomic E-state index is -2.99. The molecule has 0 spiro atoms. The zero-order valence-corrected chi connectivity index (χ0v) is 15.9. The fourth-order valence-electron chi connectivity index (χ4n) is 3.43. The Morgan fingerprint density at radius 3 is 2.90 bits per heavy atom. The summed E-state index contributed by atoms with van der Waals surface area (Å²) in [5, 5.41) is 5.49. The quantitative estimate of drug-likeness (QED) is 0.664. The topological polar surface area (TPSA) is 76.4 Å². The zero-order valence-electron chi connectivity index (χ0n) is 15.9. The monoisotopic (exact) mass is 401 g/mol. The average Bonchev–Trinajstić information content (AvgIpc) is 3.20. The Morgan fingerprint density at radius 2 is 2.17 bits per heavy atom. The molecule has 0 bridgehead atoms. The largest absolute Gasteiger partial charge is 0.477 e. The molecule has 1 fully saturated rings. The Labute approximate surface area is 166 Å². The Morgan fingerprint density at radius 1 is 1.38 bits per heavy atom. The molecule has 3 aromatic rings. The van der Waals surface area contributed by atoms with E-state index >= 15 is 0 Å². The molecule has 1 atom stereocenters. The number of aryl methyl sites for hydroxylation is 1. The second-order valence-corrected chi connectivity index (χ2v) is 7.05. The number of hydrogen-bond donors (Lipinski definition) is 2. The first-order chi connectivity index (χ1) is 13.9. The summed E-state index contributed by atoms with van der Waals surface area (Å²) in [4.78, 5) is 16.9. The lowest BCUT2D eigenvalue weighted by molar-refractivity contribution is -0.00247. The number of carbonyl (C=O) groups is 1. The van der Waals surface area contributed by atoms with E-state index in [1.54, 1.807) is 13.0 Å². The molecule has 8 heteroatoms. The van der Waals surface area contributed by atoms with Gasteiger partial charge in [0, 0.05) is 24.4 Å². The molecule has 152 valence electrons. The van der Waals surface area contributed by atoms with Gasteiger partial charge in [0.2, 0.25) is 5.88 Å². The molecule has 1 aliphatic heterocycles. The van der Waals surface area contributed by atoms with Gasteiger partial charge < -0.3 is 19.8 Å². The number of fused-ring (bicyclic) bond motifs is 1. The second kappa shape index (κ2) is 7.79. The molecule has 1 aliphatic rings. The van der Waals surface area contributed by atoms with E-state index in [0.29, 0.717) is 35.6 Å². The summed E-state index contributed by atoms with van der Waals surface area (Å²) in [5.41, 5.74) is 1.76. The summed E-state index contributed by atoms with van der Waals surface area (Å²) in [5.74, 6) is -2.90. The third-order valence-corrected chi connectivity index (χ3v) is 4.96. The van der Waals surface area contributed by atoms with Gasteiger partial charge >= 0.3 is 0 Å². The summed E-state index contributed by atoms with van der Waals surface area (Å²) in [6.45, 7) is 1.60. The number of pyridine rings is 1. The van der Waals surface area contributed by atoms with Crippen molar-refractivity contribution in [3.63, 3.8) is 0 Å². The van der Waals surface area contributed by atoms with Crippen molar-refractivity contribution in [3.8, 4) is 5.88 Å². The maximum absolute atomic E-state index is 13.8. The van der Waals surface area contributed by atoms with Crippen LogP contribution in [0.5, 0.6) is 5.88 Å². The summed E-state index contributed by atoms with van der Waals surface area (Å²) in [7, 11) is 0. The smallest absolute Gasteiger partial charge is 0.281 e. The second-order valence-electron chi connectivity index (χ2n) is 7.05. The van der Waals surface area contributed by atoms with Gasteiger partial charge in [-0.2, -0.15) is 0 Å². The third-order valence-electron chi connectivity index (χ3n) is 4.96. The number of furan rings is 1. The molecule has 1 aromatic carbocycles. The first-order valence-electron chi connectivity index (χ1n) is 9.39. The van der Waals surface area contributed by atoms with E-state index in [1.807, 2.05) is 30.3 Å². The van der Waals surface area contributed by atoms with Crippen LogP contribution in [0.1, 0.15) is 21.7 Å². The number of amides is 1. The standard InChI is InChI=1S/C21H21F2N3O3/c1-13-19(20(27)26-17-11-24-12-21(17,22)23)15-9-18(25-10-16(15)29-13)28-8-7-14-5-3-2-4-6-14/h2-6,9-10,17,24H,7-8,11-12H2,1H3,(H,26,27)/t17-/m1/s1. The number of ether oxygens (including phenoxy) is 1. The molecule has 4 rings (SSSR count). The van der Waals surface area contributed by atoms with E-state index in [2.05, 4.69) is 15.6 Å². The SMILES string of the molecule is Cc1oc2cnc(OCCc3ccccc3)cc2c1C(=O)N[C@@H]1CNCC1(F)F. The molecule has 0 saturated carbocycles. The molecule has 1 saturated heterocycles. The molecule has 6 nitrogen and oxygen atoms in total. The van der Waals surface area contributed by atoms with Gasteiger partial charge in [-0.25, -0.2) is 13.8 Å². The third kappa shape index (κ3) is 4.07. The highest BCUT2D eigenvalue weighted by molar-refractivity contribution is 6.07. The molecular weight excluding hydrogens is 380 g/mol. The normalized spacial score (nSPS) is 18.1. The molecule has 0 aliphatic carbocycles. The van der Waals surface area contributed by atoms with Gasteiger partial charge in [-0.15, -0.1) is 0 Å². The lowest BCUT2D eigenvalue weighted by Crippen LogP contribution is -2.46. The number of carbonyl (C=O) groups excluding carboxylic acids is 1. The van der Waals surface area contributed by atoms with Crippen molar-refractivity contribution in [1.82, 2.24) is 15.6 Å². The fourth-order valence-corrected chi connectivity index (χ4v) is 3.43. The highest BCUT2D eigenvalue weighted by Crippen LogP contribution is 2.29. The molecule has 29 heavy (non-hydrogen) atoms. The van der Waals surface area contributed by atoms with E-state index in [-0.39, 0.29) is 12.1 Å². The molecule has 2 N–H and O–H groups in total. The van der Waals surface area contributed by atoms with E-state index in [9.17, 15) is 13.6 Å². The van der Waals surface area contributed by atoms with Gasteiger partial charge in [-0.3, -0.25) is 4.79 Å². The number of nitrogens with one attached hydrogen (secondary N) is 2. The van der Waals surface area contributed by atoms with Gasteiger partial charge in [0.05, 0.1) is 24.9 Å². The van der Waals surface area contributed by atoms with Crippen LogP contribution in [0.4, 0.5) is 8.78 Å². The molecule has 0 radical (unpaired) electrons. The van der Waals surface area contributed by atoms with Gasteiger partial charge in [0.1, 0.15) is 11.8 Å². The van der Waals surface area contributed by atoms with Crippen molar-refractivity contribution in [2.45, 2.75) is 25.3 Å². The maximum Gasteiger partial charge on any atom is 0.281 e. The van der Waals surface area contributed by atoms with E-state index < -0.39 is 24.4 Å². The Bertz CT molecular complexity index is 1020. The molecular formula is C21H21F2N3O3. The van der Waals surface area contributed by atoms with Crippen LogP contribution < -0.4 is 15.4 Å². The van der Waals surface area contributed by atoms with E-state index in [4.69, 9.17) is 9.15 Å². The van der Waals surface area contributed by atoms with Crippen molar-refractivity contribution >= 4 is 16.9 Å². The van der Waals surface area contributed by atoms with Crippen molar-refractivity contribution in [3.05, 3.63) is 59.5 Å². The van der Waals surface area contributed by atoms with Crippen molar-refractivity contribution in [2.24, 2.45) is 0 Å². The Balaban J connectivity index is 1.51. The van der Waals surface area contributed by atoms with Gasteiger partial charge in [0.15, 0.2) is 5.58 Å². The Kier molecular flexibility index (Phi) is 5.19. The van der Waals surface area contributed by atoms with Crippen LogP contribution in [0.15, 0.2) is 47.0 Å². The highest BCUT2D eigenvalue weighted by Gasteiger charge is 2.45. The van der Waals surface area contributed by atoms with Crippen LogP contribution in [0, 0.1) is 6.92 Å². The molecule has 1 amide bonds. The first-order valence-corrected chi connectivity index (χ1v) is 9.39. The summed E-state index contributed by atoms with van der Waals surface area (Å²) in [6, 6.07) is 10.2. The van der Waals surface area contributed by atoms with E-state index in [1.165, 1.54) is 6.20 Å². The summed E-state index contributed by atoms with van der Waals surface area (Å²) < 4.78 is 39.0. The van der Waals surface area contributed by atoms with Crippen LogP contribution in [0.25, 0.3) is 11.0 Å². The number of nitrogens with zero attached hydrogens (tertiary/aromatic N) is 1. The molecule has 3 heterocycles. The number of benzene rings is 1. The lowest BCUT2D eigenvalue weighted by atomic mass is 10.1. The molecule has 0 unspecified atom stereocenters. The zero-order chi connectivity index (χ0) is 20.4. The summed E-state index contributed by atoms with van der Waals surface area (Å²) in [6.07, 6.45) is 2.19. The van der Waals surface area contributed by atoms with Gasteiger partial charge in [-0.05, 0) is 12.5 Å². The predicted octanol–water partition coefficient (Wildman–Crippen LogP) is 3.09. The van der Waals surface area contributed by atoms with Crippen LogP contribution in [-0.2, 0) is 6.42 Å². The predicted molar refractivity (Wildman–Crippen MR) is 103 cm³/mol. The lowest BCUT2D eigenvalue weighted by Gasteiger charge is -2.19.